The maximum absolute atomic E-state index is 12.5. The first-order chi connectivity index (χ1) is 14.7. The van der Waals surface area contributed by atoms with Gasteiger partial charge in [-0.1, -0.05) is 49.2 Å². The molecule has 0 aliphatic carbocycles. The van der Waals surface area contributed by atoms with Crippen LogP contribution in [0.1, 0.15) is 43.7 Å². The maximum atomic E-state index is 12.5. The van der Waals surface area contributed by atoms with Gasteiger partial charge in [-0.15, -0.1) is 29.4 Å². The summed E-state index contributed by atoms with van der Waals surface area (Å²) in [7, 11) is 0. The fourth-order valence-electron chi connectivity index (χ4n) is 4.20. The first kappa shape index (κ1) is 21.6. The first-order valence-corrected chi connectivity index (χ1v) is 12.7. The van der Waals surface area contributed by atoms with Crippen molar-refractivity contribution in [3.8, 4) is 23.3 Å². The SMILES string of the molecule is CCCNCC#CCCC1(C2(O)c3ccccc3Oc3ccccc32)SCCCS1. The van der Waals surface area contributed by atoms with E-state index in [9.17, 15) is 5.11 Å². The third kappa shape index (κ3) is 3.99. The van der Waals surface area contributed by atoms with E-state index >= 15 is 0 Å². The Kier molecular flexibility index (Phi) is 7.00. The van der Waals surface area contributed by atoms with Crippen molar-refractivity contribution in [1.82, 2.24) is 5.32 Å². The Morgan fingerprint density at radius 2 is 1.63 bits per heavy atom. The van der Waals surface area contributed by atoms with Gasteiger partial charge in [0.05, 0.1) is 10.6 Å². The molecule has 2 aliphatic heterocycles. The highest BCUT2D eigenvalue weighted by Crippen LogP contribution is 2.62. The zero-order chi connectivity index (χ0) is 20.9. The van der Waals surface area contributed by atoms with Crippen molar-refractivity contribution in [2.75, 3.05) is 24.6 Å². The van der Waals surface area contributed by atoms with E-state index in [1.54, 1.807) is 0 Å². The molecule has 158 valence electrons. The normalized spacial score (nSPS) is 18.3. The predicted molar refractivity (Wildman–Crippen MR) is 128 cm³/mol. The third-order valence-electron chi connectivity index (χ3n) is 5.63. The minimum Gasteiger partial charge on any atom is -0.457 e. The van der Waals surface area contributed by atoms with Gasteiger partial charge >= 0.3 is 0 Å². The summed E-state index contributed by atoms with van der Waals surface area (Å²) in [5.41, 5.74) is 0.599. The number of thioether (sulfide) groups is 2. The van der Waals surface area contributed by atoms with Crippen molar-refractivity contribution in [2.45, 2.75) is 42.3 Å². The van der Waals surface area contributed by atoms with Gasteiger partial charge in [-0.3, -0.25) is 0 Å². The lowest BCUT2D eigenvalue weighted by molar-refractivity contribution is 0.0540. The van der Waals surface area contributed by atoms with E-state index in [4.69, 9.17) is 4.74 Å². The van der Waals surface area contributed by atoms with Gasteiger partial charge in [0.2, 0.25) is 0 Å². The van der Waals surface area contributed by atoms with Crippen LogP contribution in [0.5, 0.6) is 11.5 Å². The second kappa shape index (κ2) is 9.70. The Balaban J connectivity index is 1.70. The number of para-hydroxylation sites is 2. The van der Waals surface area contributed by atoms with Gasteiger partial charge in [0.1, 0.15) is 17.1 Å². The van der Waals surface area contributed by atoms with Crippen molar-refractivity contribution in [3.63, 3.8) is 0 Å². The molecule has 2 aromatic carbocycles. The second-order valence-electron chi connectivity index (χ2n) is 7.64. The van der Waals surface area contributed by atoms with Crippen molar-refractivity contribution in [1.29, 1.82) is 0 Å². The molecule has 1 saturated heterocycles. The molecule has 0 bridgehead atoms. The van der Waals surface area contributed by atoms with Crippen LogP contribution >= 0.6 is 23.5 Å². The molecule has 4 rings (SSSR count). The fourth-order valence-corrected chi connectivity index (χ4v) is 7.80. The average molecular weight is 440 g/mol. The Labute approximate surface area is 188 Å². The Morgan fingerprint density at radius 3 is 2.27 bits per heavy atom. The summed E-state index contributed by atoms with van der Waals surface area (Å²) in [4.78, 5) is 0. The van der Waals surface area contributed by atoms with E-state index in [2.05, 4.69) is 24.1 Å². The van der Waals surface area contributed by atoms with Gasteiger partial charge in [-0.25, -0.2) is 0 Å². The predicted octanol–water partition coefficient (Wildman–Crippen LogP) is 5.38. The molecule has 5 heteroatoms. The summed E-state index contributed by atoms with van der Waals surface area (Å²) in [6, 6.07) is 15.9. The molecule has 0 saturated carbocycles. The number of hydrogen-bond acceptors (Lipinski definition) is 5. The van der Waals surface area contributed by atoms with E-state index < -0.39 is 9.68 Å². The molecular weight excluding hydrogens is 410 g/mol. The van der Waals surface area contributed by atoms with Crippen molar-refractivity contribution < 1.29 is 9.84 Å². The zero-order valence-corrected chi connectivity index (χ0v) is 19.1. The van der Waals surface area contributed by atoms with Crippen molar-refractivity contribution in [3.05, 3.63) is 59.7 Å². The number of nitrogens with one attached hydrogen (secondary N) is 1. The molecule has 2 heterocycles. The smallest absolute Gasteiger partial charge is 0.145 e. The number of hydrogen-bond donors (Lipinski definition) is 2. The molecule has 0 atom stereocenters. The van der Waals surface area contributed by atoms with Crippen LogP contribution in [0.3, 0.4) is 0 Å². The van der Waals surface area contributed by atoms with Gasteiger partial charge < -0.3 is 15.2 Å². The molecule has 0 spiro atoms. The van der Waals surface area contributed by atoms with Gasteiger partial charge in [-0.05, 0) is 49.4 Å². The molecular formula is C25H29NO2S2. The number of ether oxygens (including phenoxy) is 1. The number of benzene rings is 2. The van der Waals surface area contributed by atoms with Gasteiger partial charge in [-0.2, -0.15) is 0 Å². The van der Waals surface area contributed by atoms with E-state index in [-0.39, 0.29) is 0 Å². The highest BCUT2D eigenvalue weighted by atomic mass is 32.2. The third-order valence-corrected chi connectivity index (χ3v) is 9.25. The molecule has 2 aliphatic rings. The second-order valence-corrected chi connectivity index (χ2v) is 10.7. The lowest BCUT2D eigenvalue weighted by Crippen LogP contribution is -2.51. The molecule has 1 fully saturated rings. The van der Waals surface area contributed by atoms with Crippen molar-refractivity contribution in [2.24, 2.45) is 0 Å². The van der Waals surface area contributed by atoms with Crippen LogP contribution in [-0.2, 0) is 5.60 Å². The van der Waals surface area contributed by atoms with Gasteiger partial charge in [0.15, 0.2) is 0 Å². The zero-order valence-electron chi connectivity index (χ0n) is 17.4. The number of rotatable bonds is 6. The summed E-state index contributed by atoms with van der Waals surface area (Å²) in [6.45, 7) is 3.88. The lowest BCUT2D eigenvalue weighted by Gasteiger charge is -2.50. The monoisotopic (exact) mass is 439 g/mol. The van der Waals surface area contributed by atoms with Crippen LogP contribution in [0.15, 0.2) is 48.5 Å². The molecule has 0 amide bonds. The number of fused-ring (bicyclic) bond motifs is 2. The fraction of sp³-hybridized carbons (Fsp3) is 0.440. The van der Waals surface area contributed by atoms with Crippen LogP contribution in [0.25, 0.3) is 0 Å². The summed E-state index contributed by atoms with van der Waals surface area (Å²) in [6.07, 6.45) is 3.87. The molecule has 0 unspecified atom stereocenters. The molecule has 30 heavy (non-hydrogen) atoms. The lowest BCUT2D eigenvalue weighted by atomic mass is 9.78. The highest BCUT2D eigenvalue weighted by molar-refractivity contribution is 8.18. The summed E-state index contributed by atoms with van der Waals surface area (Å²) < 4.78 is 5.78. The molecule has 2 aromatic rings. The largest absolute Gasteiger partial charge is 0.457 e. The van der Waals surface area contributed by atoms with Crippen LogP contribution in [-0.4, -0.2) is 33.8 Å². The molecule has 2 N–H and O–H groups in total. The standard InChI is InChI=1S/C25H29NO2S2/c1-2-16-26-17-9-3-8-15-24(29-18-10-19-30-24)25(27)20-11-4-6-13-22(20)28-23-14-7-5-12-21(23)25/h4-7,11-14,26-27H,2,8,10,15-19H2,1H3. The maximum Gasteiger partial charge on any atom is 0.145 e. The first-order valence-electron chi connectivity index (χ1n) is 10.7. The van der Waals surface area contributed by atoms with Crippen LogP contribution in [0.2, 0.25) is 0 Å². The Hall–Kier alpha value is -1.58. The summed E-state index contributed by atoms with van der Waals surface area (Å²) >= 11 is 3.78. The van der Waals surface area contributed by atoms with E-state index in [1.165, 1.54) is 6.42 Å². The van der Waals surface area contributed by atoms with Crippen molar-refractivity contribution >= 4 is 23.5 Å². The van der Waals surface area contributed by atoms with Gasteiger partial charge in [0, 0.05) is 17.5 Å². The van der Waals surface area contributed by atoms with E-state index in [1.807, 2.05) is 72.1 Å². The highest BCUT2D eigenvalue weighted by Gasteiger charge is 2.57. The number of aliphatic hydroxyl groups is 1. The molecule has 0 aromatic heterocycles. The van der Waals surface area contributed by atoms with E-state index in [0.29, 0.717) is 0 Å². The van der Waals surface area contributed by atoms with Crippen LogP contribution in [0, 0.1) is 11.8 Å². The summed E-state index contributed by atoms with van der Waals surface area (Å²) in [5.74, 6) is 10.2. The van der Waals surface area contributed by atoms with Crippen LogP contribution in [0.4, 0.5) is 0 Å². The van der Waals surface area contributed by atoms with E-state index in [0.717, 1.165) is 66.5 Å². The minimum atomic E-state index is -1.13. The topological polar surface area (TPSA) is 41.5 Å². The summed E-state index contributed by atoms with van der Waals surface area (Å²) in [5, 5.41) is 15.9. The molecule has 0 radical (unpaired) electrons. The minimum absolute atomic E-state index is 0.396. The van der Waals surface area contributed by atoms with Crippen LogP contribution < -0.4 is 10.1 Å². The average Bonchev–Trinajstić information content (AvgIpc) is 2.79. The van der Waals surface area contributed by atoms with Gasteiger partial charge in [0.25, 0.3) is 0 Å². The Bertz CT molecular complexity index is 882. The Morgan fingerprint density at radius 1 is 1.00 bits per heavy atom. The molecule has 3 nitrogen and oxygen atoms in total. The quantitative estimate of drug-likeness (QED) is 0.467.